The monoisotopic (exact) mass is 298 g/mol. The molecule has 1 aromatic carbocycles. The number of anilines is 1. The molecule has 5 nitrogen and oxygen atoms in total. The van der Waals surface area contributed by atoms with Crippen LogP contribution >= 0.6 is 0 Å². The van der Waals surface area contributed by atoms with Gasteiger partial charge in [-0.2, -0.15) is 0 Å². The Kier molecular flexibility index (Phi) is 5.01. The fourth-order valence-corrected chi connectivity index (χ4v) is 3.30. The summed E-state index contributed by atoms with van der Waals surface area (Å²) in [5.74, 6) is 0.541. The summed E-state index contributed by atoms with van der Waals surface area (Å²) in [5, 5.41) is 3.28. The number of nitrogens with zero attached hydrogens (tertiary/aromatic N) is 1. The van der Waals surface area contributed by atoms with Crippen LogP contribution in [0.2, 0.25) is 0 Å². The van der Waals surface area contributed by atoms with Crippen molar-refractivity contribution in [2.24, 2.45) is 5.92 Å². The number of ether oxygens (including phenoxy) is 1. The Labute approximate surface area is 121 Å². The van der Waals surface area contributed by atoms with Crippen LogP contribution in [0.15, 0.2) is 29.2 Å². The molecule has 1 heterocycles. The molecule has 0 aromatic heterocycles. The molecule has 0 bridgehead atoms. The lowest BCUT2D eigenvalue weighted by atomic mass is 10.0. The molecule has 2 rings (SSSR count). The van der Waals surface area contributed by atoms with Gasteiger partial charge in [0.1, 0.15) is 4.90 Å². The van der Waals surface area contributed by atoms with E-state index in [1.165, 1.54) is 4.31 Å². The van der Waals surface area contributed by atoms with E-state index in [1.807, 2.05) is 12.1 Å². The summed E-state index contributed by atoms with van der Waals surface area (Å²) < 4.78 is 31.1. The minimum Gasteiger partial charge on any atom is -0.384 e. The fraction of sp³-hybridized carbons (Fsp3) is 0.571. The minimum absolute atomic E-state index is 0.331. The normalized spacial score (nSPS) is 17.4. The van der Waals surface area contributed by atoms with Crippen LogP contribution in [-0.2, 0) is 14.8 Å². The molecule has 1 aliphatic heterocycles. The first kappa shape index (κ1) is 15.3. The number of para-hydroxylation sites is 1. The van der Waals surface area contributed by atoms with Crippen molar-refractivity contribution in [2.45, 2.75) is 17.7 Å². The van der Waals surface area contributed by atoms with E-state index in [0.717, 1.165) is 32.6 Å². The molecule has 6 heteroatoms. The van der Waals surface area contributed by atoms with E-state index in [4.69, 9.17) is 4.74 Å². The molecular formula is C14H22N2O3S. The Morgan fingerprint density at radius 2 is 1.90 bits per heavy atom. The number of rotatable bonds is 5. The van der Waals surface area contributed by atoms with Crippen molar-refractivity contribution in [1.82, 2.24) is 4.31 Å². The summed E-state index contributed by atoms with van der Waals surface area (Å²) >= 11 is 0. The highest BCUT2D eigenvalue weighted by atomic mass is 32.2. The maximum Gasteiger partial charge on any atom is 0.244 e. The average Bonchev–Trinajstić information content (AvgIpc) is 2.46. The van der Waals surface area contributed by atoms with Gasteiger partial charge in [0.25, 0.3) is 0 Å². The van der Waals surface area contributed by atoms with Gasteiger partial charge < -0.3 is 10.1 Å². The lowest BCUT2D eigenvalue weighted by Gasteiger charge is -2.23. The van der Waals surface area contributed by atoms with Crippen LogP contribution in [0.25, 0.3) is 0 Å². The van der Waals surface area contributed by atoms with Gasteiger partial charge in [-0.25, -0.2) is 12.7 Å². The topological polar surface area (TPSA) is 58.6 Å². The molecule has 0 atom stereocenters. The van der Waals surface area contributed by atoms with Crippen molar-refractivity contribution in [3.63, 3.8) is 0 Å². The van der Waals surface area contributed by atoms with E-state index >= 15 is 0 Å². The van der Waals surface area contributed by atoms with Gasteiger partial charge in [0.15, 0.2) is 0 Å². The van der Waals surface area contributed by atoms with E-state index in [-0.39, 0.29) is 0 Å². The third kappa shape index (κ3) is 3.50. The standard InChI is InChI=1S/C14H22N2O3S/c1-16(2)20(17,18)14-6-4-3-5-13(14)15-11-12-7-9-19-10-8-12/h3-6,12,15H,7-11H2,1-2H3. The number of sulfonamides is 1. The zero-order valence-electron chi connectivity index (χ0n) is 12.0. The van der Waals surface area contributed by atoms with Crippen LogP contribution in [0.4, 0.5) is 5.69 Å². The Hall–Kier alpha value is -1.11. The van der Waals surface area contributed by atoms with Crippen LogP contribution < -0.4 is 5.32 Å². The van der Waals surface area contributed by atoms with Gasteiger partial charge in [-0.05, 0) is 30.9 Å². The minimum atomic E-state index is -3.41. The van der Waals surface area contributed by atoms with Gasteiger partial charge >= 0.3 is 0 Å². The molecule has 1 saturated heterocycles. The summed E-state index contributed by atoms with van der Waals surface area (Å²) in [6, 6.07) is 7.05. The highest BCUT2D eigenvalue weighted by Crippen LogP contribution is 2.24. The summed E-state index contributed by atoms with van der Waals surface area (Å²) in [4.78, 5) is 0.331. The summed E-state index contributed by atoms with van der Waals surface area (Å²) in [5.41, 5.74) is 0.674. The van der Waals surface area contributed by atoms with E-state index in [0.29, 0.717) is 16.5 Å². The molecule has 0 radical (unpaired) electrons. The van der Waals surface area contributed by atoms with Crippen LogP contribution in [0, 0.1) is 5.92 Å². The number of benzene rings is 1. The van der Waals surface area contributed by atoms with Crippen LogP contribution in [0.5, 0.6) is 0 Å². The molecule has 0 saturated carbocycles. The molecule has 1 aromatic rings. The van der Waals surface area contributed by atoms with Gasteiger partial charge in [-0.3, -0.25) is 0 Å². The van der Waals surface area contributed by atoms with Crippen LogP contribution in [-0.4, -0.2) is 46.6 Å². The van der Waals surface area contributed by atoms with Crippen molar-refractivity contribution in [3.05, 3.63) is 24.3 Å². The van der Waals surface area contributed by atoms with E-state index in [2.05, 4.69) is 5.32 Å². The van der Waals surface area contributed by atoms with Gasteiger partial charge in [0.05, 0.1) is 5.69 Å². The van der Waals surface area contributed by atoms with Crippen molar-refractivity contribution < 1.29 is 13.2 Å². The second kappa shape index (κ2) is 6.56. The maximum absolute atomic E-state index is 12.3. The first-order valence-corrected chi connectivity index (χ1v) is 8.29. The lowest BCUT2D eigenvalue weighted by Crippen LogP contribution is -2.25. The van der Waals surface area contributed by atoms with Crippen molar-refractivity contribution in [1.29, 1.82) is 0 Å². The largest absolute Gasteiger partial charge is 0.384 e. The van der Waals surface area contributed by atoms with Crippen LogP contribution in [0.1, 0.15) is 12.8 Å². The highest BCUT2D eigenvalue weighted by molar-refractivity contribution is 7.89. The number of hydrogen-bond donors (Lipinski definition) is 1. The molecule has 112 valence electrons. The average molecular weight is 298 g/mol. The lowest BCUT2D eigenvalue weighted by molar-refractivity contribution is 0.0699. The first-order valence-electron chi connectivity index (χ1n) is 6.85. The van der Waals surface area contributed by atoms with Gasteiger partial charge in [-0.15, -0.1) is 0 Å². The molecule has 1 fully saturated rings. The third-order valence-electron chi connectivity index (χ3n) is 3.57. The van der Waals surface area contributed by atoms with Crippen molar-refractivity contribution >= 4 is 15.7 Å². The molecule has 1 N–H and O–H groups in total. The third-order valence-corrected chi connectivity index (χ3v) is 5.44. The number of hydrogen-bond acceptors (Lipinski definition) is 4. The molecule has 0 spiro atoms. The number of nitrogens with one attached hydrogen (secondary N) is 1. The van der Waals surface area contributed by atoms with Gasteiger partial charge in [0, 0.05) is 33.9 Å². The van der Waals surface area contributed by atoms with Crippen molar-refractivity contribution in [3.8, 4) is 0 Å². The predicted molar refractivity (Wildman–Crippen MR) is 79.3 cm³/mol. The SMILES string of the molecule is CN(C)S(=O)(=O)c1ccccc1NCC1CCOCC1. The Bertz CT molecular complexity index is 537. The molecule has 0 amide bonds. The molecular weight excluding hydrogens is 276 g/mol. The highest BCUT2D eigenvalue weighted by Gasteiger charge is 2.21. The summed E-state index contributed by atoms with van der Waals surface area (Å²) in [7, 11) is -0.322. The maximum atomic E-state index is 12.3. The van der Waals surface area contributed by atoms with Crippen LogP contribution in [0.3, 0.4) is 0 Å². The zero-order valence-corrected chi connectivity index (χ0v) is 12.8. The fourth-order valence-electron chi connectivity index (χ4n) is 2.24. The Morgan fingerprint density at radius 3 is 2.55 bits per heavy atom. The predicted octanol–water partition coefficient (Wildman–Crippen LogP) is 1.78. The van der Waals surface area contributed by atoms with Crippen molar-refractivity contribution in [2.75, 3.05) is 39.2 Å². The summed E-state index contributed by atoms with van der Waals surface area (Å²) in [6.45, 7) is 2.37. The van der Waals surface area contributed by atoms with Gasteiger partial charge in [0.2, 0.25) is 10.0 Å². The van der Waals surface area contributed by atoms with E-state index in [9.17, 15) is 8.42 Å². The van der Waals surface area contributed by atoms with E-state index < -0.39 is 10.0 Å². The van der Waals surface area contributed by atoms with E-state index in [1.54, 1.807) is 26.2 Å². The second-order valence-electron chi connectivity index (χ2n) is 5.22. The second-order valence-corrected chi connectivity index (χ2v) is 7.34. The molecule has 1 aliphatic rings. The quantitative estimate of drug-likeness (QED) is 0.900. The molecule has 0 unspecified atom stereocenters. The Balaban J connectivity index is 2.12. The Morgan fingerprint density at radius 1 is 1.25 bits per heavy atom. The van der Waals surface area contributed by atoms with Gasteiger partial charge in [-0.1, -0.05) is 12.1 Å². The summed E-state index contributed by atoms with van der Waals surface area (Å²) in [6.07, 6.45) is 2.05. The first-order chi connectivity index (χ1) is 9.51. The molecule has 0 aliphatic carbocycles. The smallest absolute Gasteiger partial charge is 0.244 e. The zero-order chi connectivity index (χ0) is 14.6. The molecule has 20 heavy (non-hydrogen) atoms.